The van der Waals surface area contributed by atoms with Gasteiger partial charge in [0.1, 0.15) is 0 Å². The van der Waals surface area contributed by atoms with Crippen molar-refractivity contribution in [3.05, 3.63) is 46.9 Å². The first-order valence-corrected chi connectivity index (χ1v) is 8.93. The van der Waals surface area contributed by atoms with Gasteiger partial charge < -0.3 is 19.0 Å². The number of aryl methyl sites for hydroxylation is 1. The highest BCUT2D eigenvalue weighted by Crippen LogP contribution is 2.32. The first kappa shape index (κ1) is 17.8. The van der Waals surface area contributed by atoms with Gasteiger partial charge in [-0.1, -0.05) is 12.1 Å². The smallest absolute Gasteiger partial charge is 0.326 e. The monoisotopic (exact) mass is 380 g/mol. The van der Waals surface area contributed by atoms with Crippen molar-refractivity contribution in [2.24, 2.45) is 0 Å². The first-order chi connectivity index (χ1) is 13.6. The summed E-state index contributed by atoms with van der Waals surface area (Å²) >= 11 is 0. The van der Waals surface area contributed by atoms with Gasteiger partial charge in [-0.2, -0.15) is 4.98 Å². The molecule has 4 aromatic rings. The largest absolute Gasteiger partial charge is 0.493 e. The number of aromatic nitrogens is 4. The first-order valence-electron chi connectivity index (χ1n) is 8.93. The van der Waals surface area contributed by atoms with E-state index in [1.54, 1.807) is 30.9 Å². The van der Waals surface area contributed by atoms with Crippen LogP contribution in [0.3, 0.4) is 0 Å². The maximum Gasteiger partial charge on any atom is 0.326 e. The number of imidazole rings is 1. The summed E-state index contributed by atoms with van der Waals surface area (Å²) in [5.74, 6) is 2.01. The zero-order chi connectivity index (χ0) is 19.7. The summed E-state index contributed by atoms with van der Waals surface area (Å²) in [7, 11) is 3.15. The van der Waals surface area contributed by atoms with E-state index in [1.807, 2.05) is 31.2 Å². The number of H-pyrrole nitrogens is 1. The lowest BCUT2D eigenvalue weighted by Crippen LogP contribution is -2.16. The van der Waals surface area contributed by atoms with Crippen LogP contribution in [0.2, 0.25) is 0 Å². The summed E-state index contributed by atoms with van der Waals surface area (Å²) in [6, 6.07) is 11.0. The molecule has 8 nitrogen and oxygen atoms in total. The highest BCUT2D eigenvalue weighted by molar-refractivity contribution is 5.80. The Balaban J connectivity index is 1.70. The number of benzene rings is 2. The lowest BCUT2D eigenvalue weighted by atomic mass is 10.2. The van der Waals surface area contributed by atoms with E-state index in [0.717, 1.165) is 28.6 Å². The van der Waals surface area contributed by atoms with E-state index < -0.39 is 0 Å². The summed E-state index contributed by atoms with van der Waals surface area (Å²) in [4.78, 5) is 19.5. The third kappa shape index (κ3) is 3.02. The van der Waals surface area contributed by atoms with Gasteiger partial charge in [-0.05, 0) is 42.8 Å². The fourth-order valence-corrected chi connectivity index (χ4v) is 3.18. The topological polar surface area (TPSA) is 95.2 Å². The molecule has 1 N–H and O–H groups in total. The minimum atomic E-state index is -0.117. The fraction of sp³-hybridized carbons (Fsp3) is 0.250. The van der Waals surface area contributed by atoms with Crippen molar-refractivity contribution in [1.82, 2.24) is 19.7 Å². The summed E-state index contributed by atoms with van der Waals surface area (Å²) in [5, 5.41) is 4.08. The van der Waals surface area contributed by atoms with Crippen LogP contribution in [-0.2, 0) is 6.54 Å². The number of rotatable bonds is 6. The Morgan fingerprint density at radius 1 is 1.07 bits per heavy atom. The molecule has 144 valence electrons. The number of methoxy groups -OCH3 is 2. The average Bonchev–Trinajstić information content (AvgIpc) is 3.32. The van der Waals surface area contributed by atoms with Gasteiger partial charge in [-0.15, -0.1) is 0 Å². The van der Waals surface area contributed by atoms with Crippen LogP contribution in [0.25, 0.3) is 33.9 Å². The lowest BCUT2D eigenvalue weighted by Gasteiger charge is -2.07. The predicted molar refractivity (Wildman–Crippen MR) is 105 cm³/mol. The second-order valence-corrected chi connectivity index (χ2v) is 6.31. The van der Waals surface area contributed by atoms with Crippen LogP contribution in [0.15, 0.2) is 45.7 Å². The zero-order valence-electron chi connectivity index (χ0n) is 15.9. The molecule has 0 saturated heterocycles. The number of nitrogens with zero attached hydrogens (tertiary/aromatic N) is 3. The van der Waals surface area contributed by atoms with Crippen molar-refractivity contribution in [3.63, 3.8) is 0 Å². The summed E-state index contributed by atoms with van der Waals surface area (Å²) in [6.07, 6.45) is 0.883. The number of hydrogen-bond donors (Lipinski definition) is 1. The number of nitrogens with one attached hydrogen (secondary N) is 1. The molecule has 0 atom stereocenters. The molecule has 0 aliphatic carbocycles. The third-order valence-electron chi connectivity index (χ3n) is 4.54. The van der Waals surface area contributed by atoms with Gasteiger partial charge in [0.25, 0.3) is 5.89 Å². The molecule has 2 aromatic heterocycles. The SMILES string of the molecule is CCCn1c(=O)[nH]c2cc(-c3noc(-c4ccc(OC)c(OC)c4)n3)ccc21. The van der Waals surface area contributed by atoms with E-state index in [4.69, 9.17) is 14.0 Å². The lowest BCUT2D eigenvalue weighted by molar-refractivity contribution is 0.355. The normalized spacial score (nSPS) is 11.1. The number of aromatic amines is 1. The van der Waals surface area contributed by atoms with Gasteiger partial charge in [-0.25, -0.2) is 4.79 Å². The van der Waals surface area contributed by atoms with E-state index in [9.17, 15) is 4.79 Å². The Hall–Kier alpha value is -3.55. The summed E-state index contributed by atoms with van der Waals surface area (Å²) in [6.45, 7) is 2.71. The van der Waals surface area contributed by atoms with Crippen molar-refractivity contribution in [2.75, 3.05) is 14.2 Å². The van der Waals surface area contributed by atoms with Gasteiger partial charge in [0, 0.05) is 17.7 Å². The molecule has 8 heteroatoms. The molecule has 4 rings (SSSR count). The molecule has 0 spiro atoms. The maximum absolute atomic E-state index is 12.1. The van der Waals surface area contributed by atoms with Crippen molar-refractivity contribution in [2.45, 2.75) is 19.9 Å². The third-order valence-corrected chi connectivity index (χ3v) is 4.54. The number of ether oxygens (including phenoxy) is 2. The molecule has 0 aliphatic rings. The van der Waals surface area contributed by atoms with E-state index in [2.05, 4.69) is 15.1 Å². The van der Waals surface area contributed by atoms with E-state index in [1.165, 1.54) is 0 Å². The average molecular weight is 380 g/mol. The molecule has 0 fully saturated rings. The van der Waals surface area contributed by atoms with Crippen LogP contribution in [-0.4, -0.2) is 33.9 Å². The van der Waals surface area contributed by atoms with Crippen LogP contribution in [0.1, 0.15) is 13.3 Å². The van der Waals surface area contributed by atoms with Crippen LogP contribution >= 0.6 is 0 Å². The number of hydrogen-bond acceptors (Lipinski definition) is 6. The Bertz CT molecular complexity index is 1190. The standard InChI is InChI=1S/C20H20N4O4/c1-4-9-24-15-7-5-12(10-14(15)21-20(24)25)18-22-19(28-23-18)13-6-8-16(26-2)17(11-13)27-3/h5-8,10-11H,4,9H2,1-3H3,(H,21,25). The summed E-state index contributed by atoms with van der Waals surface area (Å²) < 4.78 is 17.7. The molecule has 2 heterocycles. The quantitative estimate of drug-likeness (QED) is 0.550. The summed E-state index contributed by atoms with van der Waals surface area (Å²) in [5.41, 5.74) is 2.97. The molecule has 28 heavy (non-hydrogen) atoms. The van der Waals surface area contributed by atoms with Crippen LogP contribution in [0, 0.1) is 0 Å². The van der Waals surface area contributed by atoms with Crippen molar-refractivity contribution in [3.8, 4) is 34.3 Å². The Morgan fingerprint density at radius 3 is 2.61 bits per heavy atom. The molecule has 0 radical (unpaired) electrons. The van der Waals surface area contributed by atoms with Crippen LogP contribution in [0.4, 0.5) is 0 Å². The van der Waals surface area contributed by atoms with Gasteiger partial charge in [0.2, 0.25) is 5.82 Å². The highest BCUT2D eigenvalue weighted by atomic mass is 16.5. The van der Waals surface area contributed by atoms with Gasteiger partial charge in [0.05, 0.1) is 25.3 Å². The van der Waals surface area contributed by atoms with Crippen LogP contribution < -0.4 is 15.2 Å². The van der Waals surface area contributed by atoms with Crippen molar-refractivity contribution in [1.29, 1.82) is 0 Å². The second-order valence-electron chi connectivity index (χ2n) is 6.31. The molecular formula is C20H20N4O4. The van der Waals surface area contributed by atoms with Gasteiger partial charge in [0.15, 0.2) is 11.5 Å². The second kappa shape index (κ2) is 7.22. The van der Waals surface area contributed by atoms with Gasteiger partial charge >= 0.3 is 5.69 Å². The number of fused-ring (bicyclic) bond motifs is 1. The highest BCUT2D eigenvalue weighted by Gasteiger charge is 2.15. The van der Waals surface area contributed by atoms with E-state index in [0.29, 0.717) is 29.8 Å². The fourth-order valence-electron chi connectivity index (χ4n) is 3.18. The Morgan fingerprint density at radius 2 is 1.86 bits per heavy atom. The molecule has 0 amide bonds. The maximum atomic E-state index is 12.1. The molecule has 0 unspecified atom stereocenters. The molecule has 0 aliphatic heterocycles. The van der Waals surface area contributed by atoms with Crippen molar-refractivity contribution < 1.29 is 14.0 Å². The van der Waals surface area contributed by atoms with Crippen LogP contribution in [0.5, 0.6) is 11.5 Å². The van der Waals surface area contributed by atoms with E-state index in [-0.39, 0.29) is 5.69 Å². The zero-order valence-corrected chi connectivity index (χ0v) is 15.9. The molecule has 0 saturated carbocycles. The minimum absolute atomic E-state index is 0.117. The Kier molecular flexibility index (Phi) is 4.60. The molecular weight excluding hydrogens is 360 g/mol. The molecule has 0 bridgehead atoms. The van der Waals surface area contributed by atoms with Gasteiger partial charge in [-0.3, -0.25) is 4.57 Å². The minimum Gasteiger partial charge on any atom is -0.493 e. The van der Waals surface area contributed by atoms with E-state index >= 15 is 0 Å². The predicted octanol–water partition coefficient (Wildman–Crippen LogP) is 3.47. The Labute approximate surface area is 160 Å². The van der Waals surface area contributed by atoms with Crippen molar-refractivity contribution >= 4 is 11.0 Å². The molecule has 2 aromatic carbocycles.